The first kappa shape index (κ1) is 16.5. The van der Waals surface area contributed by atoms with Gasteiger partial charge >= 0.3 is 5.97 Å². The first-order valence-electron chi connectivity index (χ1n) is 8.12. The molecular formula is C18H13N5O4. The van der Waals surface area contributed by atoms with Gasteiger partial charge in [-0.1, -0.05) is 6.07 Å². The molecule has 3 N–H and O–H groups in total. The molecule has 1 aliphatic carbocycles. The molecule has 9 heteroatoms. The van der Waals surface area contributed by atoms with Crippen molar-refractivity contribution in [1.82, 2.24) is 19.7 Å². The van der Waals surface area contributed by atoms with Gasteiger partial charge < -0.3 is 15.5 Å². The summed E-state index contributed by atoms with van der Waals surface area (Å²) in [5.41, 5.74) is 2.17. The second-order valence-corrected chi connectivity index (χ2v) is 6.19. The normalized spacial score (nSPS) is 15.3. The molecule has 0 saturated heterocycles. The second-order valence-electron chi connectivity index (χ2n) is 6.19. The van der Waals surface area contributed by atoms with Gasteiger partial charge in [-0.25, -0.2) is 9.78 Å². The van der Waals surface area contributed by atoms with Gasteiger partial charge in [-0.05, 0) is 36.1 Å². The lowest BCUT2D eigenvalue weighted by Crippen LogP contribution is -2.28. The van der Waals surface area contributed by atoms with Crippen LogP contribution in [0.15, 0.2) is 30.5 Å². The zero-order valence-corrected chi connectivity index (χ0v) is 13.9. The van der Waals surface area contributed by atoms with E-state index >= 15 is 0 Å². The number of amides is 1. The van der Waals surface area contributed by atoms with Gasteiger partial charge in [0.2, 0.25) is 11.7 Å². The van der Waals surface area contributed by atoms with E-state index in [0.717, 1.165) is 34.2 Å². The molecular weight excluding hydrogens is 350 g/mol. The van der Waals surface area contributed by atoms with Crippen molar-refractivity contribution < 1.29 is 19.8 Å². The van der Waals surface area contributed by atoms with Crippen LogP contribution in [0.3, 0.4) is 0 Å². The molecule has 0 saturated carbocycles. The fraction of sp³-hybridized carbons (Fsp3) is 0.167. The first-order valence-corrected chi connectivity index (χ1v) is 8.12. The number of carbonyl (C=O) groups excluding carboxylic acids is 1. The Labute approximate surface area is 152 Å². The third kappa shape index (κ3) is 2.83. The predicted octanol–water partition coefficient (Wildman–Crippen LogP) is 1.42. The monoisotopic (exact) mass is 363 g/mol. The van der Waals surface area contributed by atoms with E-state index in [9.17, 15) is 19.8 Å². The number of aromatic hydroxyl groups is 1. The summed E-state index contributed by atoms with van der Waals surface area (Å²) >= 11 is 0. The van der Waals surface area contributed by atoms with Gasteiger partial charge in [-0.3, -0.25) is 9.20 Å². The van der Waals surface area contributed by atoms with Crippen molar-refractivity contribution >= 4 is 17.7 Å². The molecule has 0 aliphatic heterocycles. The van der Waals surface area contributed by atoms with Gasteiger partial charge in [-0.15, -0.1) is 0 Å². The number of aromatic carboxylic acids is 1. The van der Waals surface area contributed by atoms with Crippen LogP contribution < -0.4 is 5.32 Å². The first-order chi connectivity index (χ1) is 13.0. The maximum absolute atomic E-state index is 12.6. The summed E-state index contributed by atoms with van der Waals surface area (Å²) in [6.45, 7) is 0. The van der Waals surface area contributed by atoms with Crippen LogP contribution in [-0.2, 0) is 6.42 Å². The molecule has 1 amide bonds. The maximum Gasteiger partial charge on any atom is 0.353 e. The van der Waals surface area contributed by atoms with Crippen LogP contribution in [0.25, 0.3) is 5.78 Å². The zero-order chi connectivity index (χ0) is 19.1. The van der Waals surface area contributed by atoms with Crippen LogP contribution in [0.1, 0.15) is 50.1 Å². The number of aromatic nitrogens is 3. The number of nitriles is 1. The van der Waals surface area contributed by atoms with E-state index in [0.29, 0.717) is 12.0 Å². The molecule has 1 aliphatic rings. The lowest BCUT2D eigenvalue weighted by atomic mass is 10.1. The Morgan fingerprint density at radius 2 is 2.11 bits per heavy atom. The topological polar surface area (TPSA) is 141 Å². The molecule has 0 spiro atoms. The van der Waals surface area contributed by atoms with Crippen molar-refractivity contribution in [3.05, 3.63) is 58.5 Å². The Bertz CT molecular complexity index is 1140. The van der Waals surface area contributed by atoms with E-state index in [-0.39, 0.29) is 29.1 Å². The smallest absolute Gasteiger partial charge is 0.353 e. The van der Waals surface area contributed by atoms with E-state index in [4.69, 9.17) is 5.26 Å². The van der Waals surface area contributed by atoms with Crippen molar-refractivity contribution in [3.8, 4) is 11.9 Å². The summed E-state index contributed by atoms with van der Waals surface area (Å²) in [7, 11) is 0. The number of carboxylic acid groups (broad SMARTS) is 1. The molecule has 2 aromatic heterocycles. The fourth-order valence-electron chi connectivity index (χ4n) is 3.30. The Morgan fingerprint density at radius 1 is 1.30 bits per heavy atom. The van der Waals surface area contributed by atoms with Gasteiger partial charge in [0.1, 0.15) is 11.4 Å². The number of rotatable bonds is 3. The number of imidazole rings is 1. The van der Waals surface area contributed by atoms with Crippen molar-refractivity contribution in [2.75, 3.05) is 0 Å². The largest absolute Gasteiger partial charge is 0.492 e. The molecule has 27 heavy (non-hydrogen) atoms. The highest BCUT2D eigenvalue weighted by molar-refractivity contribution is 5.96. The molecule has 2 heterocycles. The van der Waals surface area contributed by atoms with Gasteiger partial charge in [0.25, 0.3) is 5.91 Å². The van der Waals surface area contributed by atoms with Crippen molar-refractivity contribution in [2.45, 2.75) is 18.9 Å². The Hall–Kier alpha value is -3.93. The maximum atomic E-state index is 12.6. The molecule has 0 bridgehead atoms. The summed E-state index contributed by atoms with van der Waals surface area (Å²) in [5, 5.41) is 30.7. The van der Waals surface area contributed by atoms with Crippen LogP contribution in [0.5, 0.6) is 5.88 Å². The van der Waals surface area contributed by atoms with Crippen molar-refractivity contribution in [3.63, 3.8) is 0 Å². The molecule has 0 unspecified atom stereocenters. The summed E-state index contributed by atoms with van der Waals surface area (Å²) in [6, 6.07) is 8.30. The minimum atomic E-state index is -1.27. The predicted molar refractivity (Wildman–Crippen MR) is 91.3 cm³/mol. The average molecular weight is 363 g/mol. The number of hydrogen-bond donors (Lipinski definition) is 3. The molecule has 3 aromatic rings. The van der Waals surface area contributed by atoms with E-state index < -0.39 is 11.9 Å². The minimum Gasteiger partial charge on any atom is -0.492 e. The molecule has 9 nitrogen and oxygen atoms in total. The molecule has 134 valence electrons. The highest BCUT2D eigenvalue weighted by Gasteiger charge is 2.26. The summed E-state index contributed by atoms with van der Waals surface area (Å²) in [4.78, 5) is 31.8. The number of nitrogens with one attached hydrogen (secondary N) is 1. The highest BCUT2D eigenvalue weighted by Crippen LogP contribution is 2.32. The fourth-order valence-corrected chi connectivity index (χ4v) is 3.30. The van der Waals surface area contributed by atoms with Crippen molar-refractivity contribution in [1.29, 1.82) is 5.26 Å². The molecule has 0 fully saturated rings. The summed E-state index contributed by atoms with van der Waals surface area (Å²) in [6.07, 6.45) is 2.53. The van der Waals surface area contributed by atoms with Crippen LogP contribution in [0.2, 0.25) is 0 Å². The number of fused-ring (bicyclic) bond motifs is 2. The van der Waals surface area contributed by atoms with Crippen LogP contribution in [0.4, 0.5) is 0 Å². The molecule has 1 aromatic carbocycles. The Morgan fingerprint density at radius 3 is 2.85 bits per heavy atom. The number of nitrogens with zero attached hydrogens (tertiary/aromatic N) is 4. The third-order valence-corrected chi connectivity index (χ3v) is 4.53. The van der Waals surface area contributed by atoms with E-state index in [2.05, 4.69) is 21.4 Å². The summed E-state index contributed by atoms with van der Waals surface area (Å²) < 4.78 is 1.10. The number of hydrogen-bond acceptors (Lipinski definition) is 6. The van der Waals surface area contributed by atoms with Crippen LogP contribution in [0, 0.1) is 11.3 Å². The van der Waals surface area contributed by atoms with E-state index in [1.54, 1.807) is 6.07 Å². The van der Waals surface area contributed by atoms with Crippen molar-refractivity contribution in [2.24, 2.45) is 0 Å². The van der Waals surface area contributed by atoms with Gasteiger partial charge in [0.15, 0.2) is 0 Å². The van der Waals surface area contributed by atoms with Gasteiger partial charge in [-0.2, -0.15) is 10.2 Å². The van der Waals surface area contributed by atoms with Crippen LogP contribution >= 0.6 is 0 Å². The Kier molecular flexibility index (Phi) is 3.74. The lowest BCUT2D eigenvalue weighted by Gasteiger charge is -2.14. The Balaban J connectivity index is 1.65. The van der Waals surface area contributed by atoms with Gasteiger partial charge in [0.05, 0.1) is 23.9 Å². The number of carbonyl (C=O) groups is 2. The van der Waals surface area contributed by atoms with E-state index in [1.807, 2.05) is 12.1 Å². The summed E-state index contributed by atoms with van der Waals surface area (Å²) in [5.74, 6) is -2.28. The SMILES string of the molecule is N#Cc1ccc2c(c1)CC[C@@H]2NC(=O)c1cc(C(=O)O)n2cc(O)nc2n1. The average Bonchev–Trinajstić information content (AvgIpc) is 3.22. The lowest BCUT2D eigenvalue weighted by molar-refractivity contribution is 0.0688. The standard InChI is InChI=1S/C18H13N5O4/c19-7-9-1-3-11-10(5-9)2-4-12(11)20-16(25)13-6-14(17(26)27)23-8-15(24)22-18(23)21-13/h1,3,5-6,8,12,24H,2,4H2,(H,20,25)(H,26,27)/t12-/m0/s1. The molecule has 1 atom stereocenters. The number of carboxylic acids is 1. The minimum absolute atomic E-state index is 0.0805. The van der Waals surface area contributed by atoms with Gasteiger partial charge in [0, 0.05) is 6.07 Å². The number of benzene rings is 1. The second kappa shape index (κ2) is 6.10. The molecule has 4 rings (SSSR count). The third-order valence-electron chi connectivity index (χ3n) is 4.53. The zero-order valence-electron chi connectivity index (χ0n) is 13.9. The highest BCUT2D eigenvalue weighted by atomic mass is 16.4. The van der Waals surface area contributed by atoms with E-state index in [1.165, 1.54) is 0 Å². The van der Waals surface area contributed by atoms with Crippen LogP contribution in [-0.4, -0.2) is 36.5 Å². The number of aryl methyl sites for hydroxylation is 1. The quantitative estimate of drug-likeness (QED) is 0.639. The molecule has 0 radical (unpaired) electrons.